The minimum atomic E-state index is -0.473. The fourth-order valence-electron chi connectivity index (χ4n) is 1.05. The van der Waals surface area contributed by atoms with Crippen molar-refractivity contribution >= 4 is 33.2 Å². The summed E-state index contributed by atoms with van der Waals surface area (Å²) in [6.45, 7) is 0. The van der Waals surface area contributed by atoms with Gasteiger partial charge in [0.05, 0.1) is 17.9 Å². The molecule has 0 fully saturated rings. The highest BCUT2D eigenvalue weighted by molar-refractivity contribution is 9.10. The molecule has 0 saturated heterocycles. The first-order valence-corrected chi connectivity index (χ1v) is 5.00. The zero-order valence-corrected chi connectivity index (χ0v) is 9.63. The Morgan fingerprint density at radius 3 is 2.71 bits per heavy atom. The van der Waals surface area contributed by atoms with Gasteiger partial charge in [0.1, 0.15) is 10.2 Å². The lowest BCUT2D eigenvalue weighted by Crippen LogP contribution is -1.96. The van der Waals surface area contributed by atoms with Crippen LogP contribution in [0.15, 0.2) is 16.6 Å². The molecule has 0 unspecified atom stereocenters. The SMILES string of the molecule is COc1ccc([N+](=O)[O-])c(Br)c1CCl. The lowest BCUT2D eigenvalue weighted by molar-refractivity contribution is -0.385. The maximum absolute atomic E-state index is 10.6. The van der Waals surface area contributed by atoms with E-state index in [9.17, 15) is 10.1 Å². The molecule has 0 aliphatic rings. The number of halogens is 2. The molecule has 0 saturated carbocycles. The van der Waals surface area contributed by atoms with Crippen molar-refractivity contribution in [3.8, 4) is 5.75 Å². The van der Waals surface area contributed by atoms with E-state index in [1.54, 1.807) is 0 Å². The Morgan fingerprint density at radius 1 is 1.64 bits per heavy atom. The minimum Gasteiger partial charge on any atom is -0.496 e. The van der Waals surface area contributed by atoms with E-state index in [1.165, 1.54) is 19.2 Å². The van der Waals surface area contributed by atoms with E-state index in [2.05, 4.69) is 15.9 Å². The highest BCUT2D eigenvalue weighted by atomic mass is 79.9. The molecule has 0 amide bonds. The number of nitro groups is 1. The summed E-state index contributed by atoms with van der Waals surface area (Å²) in [5.41, 5.74) is 0.574. The summed E-state index contributed by atoms with van der Waals surface area (Å²) >= 11 is 8.79. The van der Waals surface area contributed by atoms with E-state index in [0.717, 1.165) is 0 Å². The number of nitro benzene ring substituents is 1. The molecule has 0 N–H and O–H groups in total. The molecule has 0 atom stereocenters. The van der Waals surface area contributed by atoms with Gasteiger partial charge in [0.25, 0.3) is 5.69 Å². The zero-order chi connectivity index (χ0) is 10.7. The van der Waals surface area contributed by atoms with E-state index in [4.69, 9.17) is 16.3 Å². The molecule has 1 aromatic rings. The van der Waals surface area contributed by atoms with Crippen molar-refractivity contribution in [3.05, 3.63) is 32.3 Å². The summed E-state index contributed by atoms with van der Waals surface area (Å²) < 4.78 is 5.39. The first kappa shape index (κ1) is 11.3. The Morgan fingerprint density at radius 2 is 2.29 bits per heavy atom. The van der Waals surface area contributed by atoms with Crippen molar-refractivity contribution < 1.29 is 9.66 Å². The van der Waals surface area contributed by atoms with Crippen LogP contribution < -0.4 is 4.74 Å². The van der Waals surface area contributed by atoms with E-state index in [-0.39, 0.29) is 11.6 Å². The Hall–Kier alpha value is -0.810. The summed E-state index contributed by atoms with van der Waals surface area (Å²) in [6.07, 6.45) is 0. The Balaban J connectivity index is 3.34. The second-order valence-electron chi connectivity index (χ2n) is 2.47. The molecule has 0 bridgehead atoms. The quantitative estimate of drug-likeness (QED) is 0.485. The van der Waals surface area contributed by atoms with Crippen molar-refractivity contribution in [1.82, 2.24) is 0 Å². The van der Waals surface area contributed by atoms with Gasteiger partial charge in [-0.1, -0.05) is 0 Å². The molecule has 0 aliphatic carbocycles. The lowest BCUT2D eigenvalue weighted by atomic mass is 10.2. The molecule has 0 aliphatic heterocycles. The molecular weight excluding hydrogens is 273 g/mol. The van der Waals surface area contributed by atoms with Gasteiger partial charge in [-0.2, -0.15) is 0 Å². The first-order chi connectivity index (χ1) is 6.61. The lowest BCUT2D eigenvalue weighted by Gasteiger charge is -2.07. The van der Waals surface area contributed by atoms with Crippen LogP contribution >= 0.6 is 27.5 Å². The van der Waals surface area contributed by atoms with Gasteiger partial charge >= 0.3 is 0 Å². The van der Waals surface area contributed by atoms with Gasteiger partial charge in [-0.05, 0) is 22.0 Å². The molecule has 0 aromatic heterocycles. The molecule has 0 heterocycles. The number of hydrogen-bond donors (Lipinski definition) is 0. The molecule has 0 radical (unpaired) electrons. The second-order valence-corrected chi connectivity index (χ2v) is 3.53. The highest BCUT2D eigenvalue weighted by Gasteiger charge is 2.18. The highest BCUT2D eigenvalue weighted by Crippen LogP contribution is 2.35. The summed E-state index contributed by atoms with van der Waals surface area (Å²) in [6, 6.07) is 2.90. The van der Waals surface area contributed by atoms with Gasteiger partial charge in [-0.25, -0.2) is 0 Å². The van der Waals surface area contributed by atoms with Crippen LogP contribution in [0.1, 0.15) is 5.56 Å². The third-order valence-corrected chi connectivity index (χ3v) is 2.88. The average Bonchev–Trinajstić information content (AvgIpc) is 2.16. The number of benzene rings is 1. The number of alkyl halides is 1. The normalized spacial score (nSPS) is 9.93. The van der Waals surface area contributed by atoms with Gasteiger partial charge in [0, 0.05) is 11.6 Å². The van der Waals surface area contributed by atoms with Crippen LogP contribution in [0, 0.1) is 10.1 Å². The van der Waals surface area contributed by atoms with Crippen LogP contribution in [-0.4, -0.2) is 12.0 Å². The van der Waals surface area contributed by atoms with Gasteiger partial charge < -0.3 is 4.74 Å². The number of ether oxygens (including phenoxy) is 1. The maximum atomic E-state index is 10.6. The van der Waals surface area contributed by atoms with E-state index < -0.39 is 4.92 Å². The maximum Gasteiger partial charge on any atom is 0.284 e. The topological polar surface area (TPSA) is 52.4 Å². The van der Waals surface area contributed by atoms with E-state index in [1.807, 2.05) is 0 Å². The molecule has 14 heavy (non-hydrogen) atoms. The van der Waals surface area contributed by atoms with E-state index >= 15 is 0 Å². The zero-order valence-electron chi connectivity index (χ0n) is 7.29. The van der Waals surface area contributed by atoms with Crippen LogP contribution in [0.5, 0.6) is 5.75 Å². The smallest absolute Gasteiger partial charge is 0.284 e. The molecular formula is C8H7BrClNO3. The largest absolute Gasteiger partial charge is 0.496 e. The van der Waals surface area contributed by atoms with Crippen molar-refractivity contribution in [1.29, 1.82) is 0 Å². The summed E-state index contributed by atoms with van der Waals surface area (Å²) in [5, 5.41) is 10.6. The van der Waals surface area contributed by atoms with Gasteiger partial charge in [0.15, 0.2) is 0 Å². The van der Waals surface area contributed by atoms with Crippen molar-refractivity contribution in [2.75, 3.05) is 7.11 Å². The van der Waals surface area contributed by atoms with E-state index in [0.29, 0.717) is 15.8 Å². The van der Waals surface area contributed by atoms with Crippen LogP contribution in [0.25, 0.3) is 0 Å². The molecule has 1 aromatic carbocycles. The molecule has 76 valence electrons. The Labute approximate surface area is 94.1 Å². The van der Waals surface area contributed by atoms with Crippen molar-refractivity contribution in [2.24, 2.45) is 0 Å². The Bertz CT molecular complexity index is 370. The molecule has 4 nitrogen and oxygen atoms in total. The molecule has 0 spiro atoms. The van der Waals surface area contributed by atoms with Crippen molar-refractivity contribution in [3.63, 3.8) is 0 Å². The summed E-state index contributed by atoms with van der Waals surface area (Å²) in [7, 11) is 1.49. The number of hydrogen-bond acceptors (Lipinski definition) is 3. The standard InChI is InChI=1S/C8H7BrClNO3/c1-14-7-3-2-6(11(12)13)8(9)5(7)4-10/h2-3H,4H2,1H3. The van der Waals surface area contributed by atoms with Gasteiger partial charge in [0.2, 0.25) is 0 Å². The fourth-order valence-corrected chi connectivity index (χ4v) is 2.09. The predicted octanol–water partition coefficient (Wildman–Crippen LogP) is 3.10. The fraction of sp³-hybridized carbons (Fsp3) is 0.250. The molecule has 6 heteroatoms. The molecule has 1 rings (SSSR count). The Kier molecular flexibility index (Phi) is 3.71. The van der Waals surface area contributed by atoms with Gasteiger partial charge in [-0.3, -0.25) is 10.1 Å². The first-order valence-electron chi connectivity index (χ1n) is 3.67. The minimum absolute atomic E-state index is 0.0125. The summed E-state index contributed by atoms with van der Waals surface area (Å²) in [5.74, 6) is 0.698. The van der Waals surface area contributed by atoms with Crippen LogP contribution in [0.2, 0.25) is 0 Å². The van der Waals surface area contributed by atoms with Gasteiger partial charge in [-0.15, -0.1) is 11.6 Å². The second kappa shape index (κ2) is 4.61. The third kappa shape index (κ3) is 1.99. The van der Waals surface area contributed by atoms with Crippen molar-refractivity contribution in [2.45, 2.75) is 5.88 Å². The summed E-state index contributed by atoms with van der Waals surface area (Å²) in [4.78, 5) is 10.1. The van der Waals surface area contributed by atoms with Crippen LogP contribution in [0.3, 0.4) is 0 Å². The van der Waals surface area contributed by atoms with Crippen LogP contribution in [0.4, 0.5) is 5.69 Å². The third-order valence-electron chi connectivity index (χ3n) is 1.73. The number of rotatable bonds is 3. The predicted molar refractivity (Wildman–Crippen MR) is 56.9 cm³/mol. The number of methoxy groups -OCH3 is 1. The van der Waals surface area contributed by atoms with Crippen LogP contribution in [-0.2, 0) is 5.88 Å². The monoisotopic (exact) mass is 279 g/mol. The number of nitrogens with zero attached hydrogens (tertiary/aromatic N) is 1. The average molecular weight is 281 g/mol.